The topological polar surface area (TPSA) is 58.1 Å². The molecule has 138 valence electrons. The first-order valence-electron chi connectivity index (χ1n) is 9.05. The highest BCUT2D eigenvalue weighted by atomic mass is 16.2. The summed E-state index contributed by atoms with van der Waals surface area (Å²) >= 11 is 0. The normalized spacial score (nSPS) is 10.5. The first-order chi connectivity index (χ1) is 13.0. The number of hydrogen-bond donors (Lipinski definition) is 1. The lowest BCUT2D eigenvalue weighted by atomic mass is 10.1. The van der Waals surface area contributed by atoms with Crippen LogP contribution in [0.1, 0.15) is 34.4 Å². The van der Waals surface area contributed by atoms with Crippen LogP contribution in [0.15, 0.2) is 54.6 Å². The van der Waals surface area contributed by atoms with E-state index in [2.05, 4.69) is 35.2 Å². The van der Waals surface area contributed by atoms with Crippen molar-refractivity contribution in [3.63, 3.8) is 0 Å². The zero-order chi connectivity index (χ0) is 19.4. The smallest absolute Gasteiger partial charge is 0.277 e. The molecule has 3 aromatic rings. The quantitative estimate of drug-likeness (QED) is 0.709. The highest BCUT2D eigenvalue weighted by Crippen LogP contribution is 2.23. The Kier molecular flexibility index (Phi) is 5.50. The molecule has 1 heterocycles. The summed E-state index contributed by atoms with van der Waals surface area (Å²) in [6.07, 6.45) is 0. The largest absolute Gasteiger partial charge is 0.340 e. The van der Waals surface area contributed by atoms with Crippen molar-refractivity contribution in [3.8, 4) is 0 Å². The minimum Gasteiger partial charge on any atom is -0.340 e. The van der Waals surface area contributed by atoms with Gasteiger partial charge < -0.3 is 10.2 Å². The maximum Gasteiger partial charge on any atom is 0.277 e. The van der Waals surface area contributed by atoms with Crippen LogP contribution in [0.4, 0.5) is 17.2 Å². The first kappa shape index (κ1) is 18.6. The summed E-state index contributed by atoms with van der Waals surface area (Å²) in [6.45, 7) is 8.44. The number of hydrogen-bond acceptors (Lipinski definition) is 4. The summed E-state index contributed by atoms with van der Waals surface area (Å²) in [5, 5.41) is 3.32. The lowest BCUT2D eigenvalue weighted by molar-refractivity contribution is 0.0983. The van der Waals surface area contributed by atoms with Crippen LogP contribution in [-0.2, 0) is 0 Å². The predicted molar refractivity (Wildman–Crippen MR) is 110 cm³/mol. The number of aryl methyl sites for hydroxylation is 2. The van der Waals surface area contributed by atoms with Gasteiger partial charge in [-0.1, -0.05) is 30.3 Å². The molecular formula is C22H24N4O. The highest BCUT2D eigenvalue weighted by molar-refractivity contribution is 6.05. The number of amides is 1. The van der Waals surface area contributed by atoms with Crippen molar-refractivity contribution in [1.29, 1.82) is 0 Å². The molecule has 0 aliphatic heterocycles. The first-order valence-corrected chi connectivity index (χ1v) is 9.05. The Balaban J connectivity index is 1.93. The number of anilines is 3. The van der Waals surface area contributed by atoms with Gasteiger partial charge in [-0.05, 0) is 57.0 Å². The van der Waals surface area contributed by atoms with Crippen molar-refractivity contribution < 1.29 is 4.79 Å². The zero-order valence-electron chi connectivity index (χ0n) is 16.2. The molecule has 0 radical (unpaired) electrons. The summed E-state index contributed by atoms with van der Waals surface area (Å²) in [5.74, 6) is 1.03. The Morgan fingerprint density at radius 1 is 1.00 bits per heavy atom. The predicted octanol–water partition coefficient (Wildman–Crippen LogP) is 4.81. The lowest BCUT2D eigenvalue weighted by Gasteiger charge is -2.21. The number of benzene rings is 2. The van der Waals surface area contributed by atoms with Gasteiger partial charge in [0, 0.05) is 24.0 Å². The average Bonchev–Trinajstić information content (AvgIpc) is 2.66. The second kappa shape index (κ2) is 7.99. The molecule has 5 nitrogen and oxygen atoms in total. The van der Waals surface area contributed by atoms with Crippen LogP contribution >= 0.6 is 0 Å². The van der Waals surface area contributed by atoms with Crippen molar-refractivity contribution in [3.05, 3.63) is 77.2 Å². The average molecular weight is 360 g/mol. The molecule has 27 heavy (non-hydrogen) atoms. The van der Waals surface area contributed by atoms with Crippen molar-refractivity contribution in [1.82, 2.24) is 9.97 Å². The summed E-state index contributed by atoms with van der Waals surface area (Å²) in [4.78, 5) is 23.6. The number of aromatic nitrogens is 2. The fourth-order valence-corrected chi connectivity index (χ4v) is 2.96. The molecule has 1 aromatic heterocycles. The van der Waals surface area contributed by atoms with Gasteiger partial charge in [-0.2, -0.15) is 0 Å². The third kappa shape index (κ3) is 4.14. The summed E-state index contributed by atoms with van der Waals surface area (Å²) in [7, 11) is 0. The molecule has 0 fully saturated rings. The van der Waals surface area contributed by atoms with E-state index in [-0.39, 0.29) is 5.91 Å². The Morgan fingerprint density at radius 3 is 2.44 bits per heavy atom. The Morgan fingerprint density at radius 2 is 1.74 bits per heavy atom. The van der Waals surface area contributed by atoms with Crippen LogP contribution in [0.5, 0.6) is 0 Å². The van der Waals surface area contributed by atoms with E-state index in [9.17, 15) is 4.79 Å². The minimum absolute atomic E-state index is 0.141. The van der Waals surface area contributed by atoms with Crippen molar-refractivity contribution >= 4 is 23.1 Å². The lowest BCUT2D eigenvalue weighted by Crippen LogP contribution is -2.31. The fourth-order valence-electron chi connectivity index (χ4n) is 2.96. The molecular weight excluding hydrogens is 336 g/mol. The third-order valence-corrected chi connectivity index (χ3v) is 4.55. The van der Waals surface area contributed by atoms with Crippen molar-refractivity contribution in [2.45, 2.75) is 27.7 Å². The molecule has 2 aromatic carbocycles. The second-order valence-corrected chi connectivity index (χ2v) is 6.44. The number of carbonyl (C=O) groups is 1. The van der Waals surface area contributed by atoms with E-state index in [1.165, 1.54) is 5.56 Å². The molecule has 0 spiro atoms. The molecule has 0 saturated heterocycles. The van der Waals surface area contributed by atoms with E-state index in [1.807, 2.05) is 49.4 Å². The zero-order valence-corrected chi connectivity index (χ0v) is 16.2. The van der Waals surface area contributed by atoms with Crippen LogP contribution < -0.4 is 10.2 Å². The molecule has 5 heteroatoms. The molecule has 0 atom stereocenters. The van der Waals surface area contributed by atoms with Crippen LogP contribution in [0, 0.1) is 20.8 Å². The molecule has 1 N–H and O–H groups in total. The molecule has 0 aliphatic carbocycles. The molecule has 0 saturated carbocycles. The van der Waals surface area contributed by atoms with Crippen LogP contribution in [0.2, 0.25) is 0 Å². The number of nitrogens with one attached hydrogen (secondary N) is 1. The minimum atomic E-state index is -0.141. The van der Waals surface area contributed by atoms with Crippen LogP contribution in [0.3, 0.4) is 0 Å². The van der Waals surface area contributed by atoms with Gasteiger partial charge >= 0.3 is 0 Å². The van der Waals surface area contributed by atoms with E-state index in [0.717, 1.165) is 16.9 Å². The molecule has 1 amide bonds. The van der Waals surface area contributed by atoms with Gasteiger partial charge in [0.2, 0.25) is 0 Å². The number of nitrogens with zero attached hydrogens (tertiary/aromatic N) is 3. The Bertz CT molecular complexity index is 954. The van der Waals surface area contributed by atoms with E-state index in [0.29, 0.717) is 23.9 Å². The monoisotopic (exact) mass is 360 g/mol. The van der Waals surface area contributed by atoms with Crippen LogP contribution in [-0.4, -0.2) is 22.4 Å². The van der Waals surface area contributed by atoms with Gasteiger partial charge in [0.25, 0.3) is 5.91 Å². The van der Waals surface area contributed by atoms with Crippen molar-refractivity contribution in [2.24, 2.45) is 0 Å². The van der Waals surface area contributed by atoms with Crippen LogP contribution in [0.25, 0.3) is 0 Å². The number of carbonyl (C=O) groups excluding carboxylic acids is 1. The van der Waals surface area contributed by atoms with Crippen molar-refractivity contribution in [2.75, 3.05) is 16.8 Å². The molecule has 0 aliphatic rings. The number of para-hydroxylation sites is 1. The van der Waals surface area contributed by atoms with Gasteiger partial charge in [-0.15, -0.1) is 0 Å². The fraction of sp³-hybridized carbons (Fsp3) is 0.227. The van der Waals surface area contributed by atoms with Gasteiger partial charge in [0.05, 0.1) is 0 Å². The summed E-state index contributed by atoms with van der Waals surface area (Å²) in [6, 6.07) is 17.4. The maximum absolute atomic E-state index is 13.1. The van der Waals surface area contributed by atoms with E-state index >= 15 is 0 Å². The van der Waals surface area contributed by atoms with E-state index in [1.54, 1.807) is 17.9 Å². The Hall–Kier alpha value is -3.21. The maximum atomic E-state index is 13.1. The summed E-state index contributed by atoms with van der Waals surface area (Å²) < 4.78 is 0. The standard InChI is InChI=1S/C22H24N4O/c1-5-26(18-11-7-6-8-12-18)22(27)20-14-21(24-17(4)23-20)25-19-13-9-10-15(2)16(19)3/h6-14H,5H2,1-4H3,(H,23,24,25). The molecule has 0 unspecified atom stereocenters. The van der Waals surface area contributed by atoms with E-state index < -0.39 is 0 Å². The Labute approximate surface area is 160 Å². The van der Waals surface area contributed by atoms with Gasteiger partial charge in [0.1, 0.15) is 17.3 Å². The van der Waals surface area contributed by atoms with Gasteiger partial charge in [0.15, 0.2) is 0 Å². The molecule has 0 bridgehead atoms. The second-order valence-electron chi connectivity index (χ2n) is 6.44. The van der Waals surface area contributed by atoms with E-state index in [4.69, 9.17) is 0 Å². The highest BCUT2D eigenvalue weighted by Gasteiger charge is 2.19. The SMILES string of the molecule is CCN(C(=O)c1cc(Nc2cccc(C)c2C)nc(C)n1)c1ccccc1. The number of rotatable bonds is 5. The molecule has 3 rings (SSSR count). The van der Waals surface area contributed by atoms with Gasteiger partial charge in [-0.3, -0.25) is 4.79 Å². The summed E-state index contributed by atoms with van der Waals surface area (Å²) in [5.41, 5.74) is 4.55. The third-order valence-electron chi connectivity index (χ3n) is 4.55. The van der Waals surface area contributed by atoms with Gasteiger partial charge in [-0.25, -0.2) is 9.97 Å².